The molecule has 0 atom stereocenters. The van der Waals surface area contributed by atoms with Crippen LogP contribution in [0, 0.1) is 0 Å². The quantitative estimate of drug-likeness (QED) is 0.186. The second kappa shape index (κ2) is 19.3. The highest BCUT2D eigenvalue weighted by Crippen LogP contribution is 2.15. The van der Waals surface area contributed by atoms with Crippen molar-refractivity contribution in [3.05, 3.63) is 36.5 Å². The van der Waals surface area contributed by atoms with Crippen molar-refractivity contribution in [3.63, 3.8) is 0 Å². The lowest BCUT2D eigenvalue weighted by atomic mass is 10.0. The number of unbranched alkanes of at least 4 members (excludes halogenated alkanes) is 9. The molecule has 0 fully saturated rings. The van der Waals surface area contributed by atoms with Gasteiger partial charge in [-0.3, -0.25) is 0 Å². The summed E-state index contributed by atoms with van der Waals surface area (Å²) in [5, 5.41) is 0. The Hall–Kier alpha value is -0.780. The van der Waals surface area contributed by atoms with Gasteiger partial charge in [-0.05, 0) is 51.4 Å². The Morgan fingerprint density at radius 1 is 0.609 bits per heavy atom. The van der Waals surface area contributed by atoms with E-state index >= 15 is 0 Å². The Balaban J connectivity index is 3.23. The van der Waals surface area contributed by atoms with E-state index in [9.17, 15) is 0 Å². The maximum absolute atomic E-state index is 4.21. The van der Waals surface area contributed by atoms with Gasteiger partial charge in [0.25, 0.3) is 0 Å². The van der Waals surface area contributed by atoms with Crippen LogP contribution < -0.4 is 0 Å². The summed E-state index contributed by atoms with van der Waals surface area (Å²) in [6.45, 7) is 8.72. The van der Waals surface area contributed by atoms with Crippen LogP contribution >= 0.6 is 0 Å². The van der Waals surface area contributed by atoms with Gasteiger partial charge < -0.3 is 0 Å². The summed E-state index contributed by atoms with van der Waals surface area (Å²) in [5.74, 6) is 0. The Labute approximate surface area is 147 Å². The molecule has 0 heteroatoms. The van der Waals surface area contributed by atoms with Gasteiger partial charge in [-0.1, -0.05) is 95.2 Å². The van der Waals surface area contributed by atoms with Crippen LogP contribution in [0.2, 0.25) is 0 Å². The highest BCUT2D eigenvalue weighted by molar-refractivity contribution is 4.93. The molecule has 0 aromatic carbocycles. The van der Waals surface area contributed by atoms with Crippen molar-refractivity contribution in [1.82, 2.24) is 0 Å². The standard InChI is InChI=1S/C23H42/c1-4-6-8-9-10-11-12-13-14-15-16-17-18-20-22-23(3)21-19-7-5-2/h9-10,12-13H,3-8,11,14-22H2,1-2H3/b10-9-,13-12-. The van der Waals surface area contributed by atoms with Crippen LogP contribution in [-0.2, 0) is 0 Å². The van der Waals surface area contributed by atoms with Crippen LogP contribution in [0.3, 0.4) is 0 Å². The molecule has 0 heterocycles. The maximum atomic E-state index is 4.21. The number of allylic oxidation sites excluding steroid dienone is 5. The van der Waals surface area contributed by atoms with E-state index in [1.807, 2.05) is 0 Å². The topological polar surface area (TPSA) is 0 Å². The molecule has 0 spiro atoms. The first-order valence-electron chi connectivity index (χ1n) is 10.3. The van der Waals surface area contributed by atoms with Crippen LogP contribution in [-0.4, -0.2) is 0 Å². The Morgan fingerprint density at radius 2 is 1.13 bits per heavy atom. The molecule has 0 N–H and O–H groups in total. The van der Waals surface area contributed by atoms with Crippen molar-refractivity contribution in [3.8, 4) is 0 Å². The SMILES string of the molecule is C=C(CCCCC)CCCCCCC/C=C\C/C=C\CCCC. The second-order valence-corrected chi connectivity index (χ2v) is 6.83. The van der Waals surface area contributed by atoms with E-state index in [-0.39, 0.29) is 0 Å². The molecule has 0 aliphatic heterocycles. The van der Waals surface area contributed by atoms with Crippen LogP contribution in [0.4, 0.5) is 0 Å². The molecule has 0 nitrogen and oxygen atoms in total. The maximum Gasteiger partial charge on any atom is -0.0169 e. The van der Waals surface area contributed by atoms with E-state index in [1.54, 1.807) is 0 Å². The van der Waals surface area contributed by atoms with E-state index in [2.05, 4.69) is 44.7 Å². The van der Waals surface area contributed by atoms with Gasteiger partial charge in [-0.15, -0.1) is 0 Å². The predicted octanol–water partition coefficient (Wildman–Crippen LogP) is 8.55. The minimum absolute atomic E-state index is 1.11. The van der Waals surface area contributed by atoms with Crippen LogP contribution in [0.1, 0.15) is 110 Å². The summed E-state index contributed by atoms with van der Waals surface area (Å²) in [6, 6.07) is 0. The smallest absolute Gasteiger partial charge is 0.0169 e. The highest BCUT2D eigenvalue weighted by Gasteiger charge is 1.96. The molecular formula is C23H42. The molecule has 0 aromatic rings. The molecule has 0 radical (unpaired) electrons. The summed E-state index contributed by atoms with van der Waals surface area (Å²) in [4.78, 5) is 0. The monoisotopic (exact) mass is 318 g/mol. The zero-order valence-electron chi connectivity index (χ0n) is 16.1. The predicted molar refractivity (Wildman–Crippen MR) is 108 cm³/mol. The van der Waals surface area contributed by atoms with Crippen molar-refractivity contribution in [2.24, 2.45) is 0 Å². The zero-order chi connectivity index (χ0) is 17.0. The molecule has 23 heavy (non-hydrogen) atoms. The van der Waals surface area contributed by atoms with E-state index < -0.39 is 0 Å². The van der Waals surface area contributed by atoms with E-state index in [0.717, 1.165) is 6.42 Å². The van der Waals surface area contributed by atoms with Gasteiger partial charge in [0.2, 0.25) is 0 Å². The van der Waals surface area contributed by atoms with E-state index in [1.165, 1.54) is 95.5 Å². The average molecular weight is 319 g/mol. The third kappa shape index (κ3) is 19.2. The lowest BCUT2D eigenvalue weighted by Crippen LogP contribution is -1.85. The van der Waals surface area contributed by atoms with Gasteiger partial charge in [0.1, 0.15) is 0 Å². The molecule has 0 aromatic heterocycles. The van der Waals surface area contributed by atoms with Crippen molar-refractivity contribution in [2.45, 2.75) is 110 Å². The van der Waals surface area contributed by atoms with Crippen molar-refractivity contribution >= 4 is 0 Å². The summed E-state index contributed by atoms with van der Waals surface area (Å²) in [6.07, 6.45) is 29.0. The summed E-state index contributed by atoms with van der Waals surface area (Å²) in [5.41, 5.74) is 1.48. The van der Waals surface area contributed by atoms with Crippen LogP contribution in [0.15, 0.2) is 36.5 Å². The number of rotatable bonds is 17. The van der Waals surface area contributed by atoms with Gasteiger partial charge in [0.05, 0.1) is 0 Å². The molecule has 0 amide bonds. The minimum atomic E-state index is 1.11. The zero-order valence-corrected chi connectivity index (χ0v) is 16.1. The van der Waals surface area contributed by atoms with Gasteiger partial charge >= 0.3 is 0 Å². The third-order valence-corrected chi connectivity index (χ3v) is 4.36. The van der Waals surface area contributed by atoms with Crippen LogP contribution in [0.25, 0.3) is 0 Å². The molecule has 0 saturated carbocycles. The Morgan fingerprint density at radius 3 is 1.78 bits per heavy atom. The fourth-order valence-electron chi connectivity index (χ4n) is 2.75. The first kappa shape index (κ1) is 22.2. The first-order valence-corrected chi connectivity index (χ1v) is 10.3. The largest absolute Gasteiger partial charge is 0.0999 e. The van der Waals surface area contributed by atoms with Crippen molar-refractivity contribution in [2.75, 3.05) is 0 Å². The summed E-state index contributed by atoms with van der Waals surface area (Å²) >= 11 is 0. The van der Waals surface area contributed by atoms with E-state index in [0.29, 0.717) is 0 Å². The molecule has 0 bridgehead atoms. The van der Waals surface area contributed by atoms with Gasteiger partial charge in [-0.25, -0.2) is 0 Å². The normalized spacial score (nSPS) is 11.7. The number of hydrogen-bond donors (Lipinski definition) is 0. The molecule has 0 rings (SSSR count). The molecular weight excluding hydrogens is 276 g/mol. The van der Waals surface area contributed by atoms with Gasteiger partial charge in [-0.2, -0.15) is 0 Å². The molecule has 134 valence electrons. The first-order chi connectivity index (χ1) is 11.3. The highest BCUT2D eigenvalue weighted by atomic mass is 14.0. The fourth-order valence-corrected chi connectivity index (χ4v) is 2.75. The third-order valence-electron chi connectivity index (χ3n) is 4.36. The van der Waals surface area contributed by atoms with Gasteiger partial charge in [0, 0.05) is 0 Å². The molecule has 0 aliphatic rings. The lowest BCUT2D eigenvalue weighted by Gasteiger charge is -2.05. The summed E-state index contributed by atoms with van der Waals surface area (Å²) in [7, 11) is 0. The molecule has 0 saturated heterocycles. The Bertz CT molecular complexity index is 295. The fraction of sp³-hybridized carbons (Fsp3) is 0.739. The average Bonchev–Trinajstić information content (AvgIpc) is 2.55. The van der Waals surface area contributed by atoms with Crippen molar-refractivity contribution < 1.29 is 0 Å². The van der Waals surface area contributed by atoms with Crippen molar-refractivity contribution in [1.29, 1.82) is 0 Å². The van der Waals surface area contributed by atoms with Gasteiger partial charge in [0.15, 0.2) is 0 Å². The number of hydrogen-bond acceptors (Lipinski definition) is 0. The Kier molecular flexibility index (Phi) is 18.6. The summed E-state index contributed by atoms with van der Waals surface area (Å²) < 4.78 is 0. The van der Waals surface area contributed by atoms with E-state index in [4.69, 9.17) is 0 Å². The van der Waals surface area contributed by atoms with Crippen LogP contribution in [0.5, 0.6) is 0 Å². The molecule has 0 unspecified atom stereocenters. The minimum Gasteiger partial charge on any atom is -0.0999 e. The lowest BCUT2D eigenvalue weighted by molar-refractivity contribution is 0.605. The second-order valence-electron chi connectivity index (χ2n) is 6.83. The molecule has 0 aliphatic carbocycles.